The lowest BCUT2D eigenvalue weighted by molar-refractivity contribution is 0.300. The van der Waals surface area contributed by atoms with Gasteiger partial charge in [-0.3, -0.25) is 0 Å². The number of aromatic nitrogens is 2. The van der Waals surface area contributed by atoms with Crippen LogP contribution < -0.4 is 0 Å². The highest BCUT2D eigenvalue weighted by Crippen LogP contribution is 2.36. The third kappa shape index (κ3) is 4.29. The van der Waals surface area contributed by atoms with E-state index in [0.29, 0.717) is 5.92 Å². The Balaban J connectivity index is 1.83. The third-order valence-electron chi connectivity index (χ3n) is 4.48. The van der Waals surface area contributed by atoms with Gasteiger partial charge in [0.1, 0.15) is 0 Å². The molecule has 106 valence electrons. The van der Waals surface area contributed by atoms with Crippen LogP contribution in [0.1, 0.15) is 82.5 Å². The summed E-state index contributed by atoms with van der Waals surface area (Å²) in [6.45, 7) is 4.48. The molecule has 19 heavy (non-hydrogen) atoms. The Labute approximate surface area is 118 Å². The molecule has 0 unspecified atom stereocenters. The van der Waals surface area contributed by atoms with Gasteiger partial charge >= 0.3 is 0 Å². The first-order chi connectivity index (χ1) is 9.33. The van der Waals surface area contributed by atoms with E-state index >= 15 is 0 Å². The maximum absolute atomic E-state index is 4.46. The van der Waals surface area contributed by atoms with Crippen LogP contribution in [0.15, 0.2) is 12.1 Å². The van der Waals surface area contributed by atoms with Gasteiger partial charge in [0.15, 0.2) is 0 Å². The number of hydrogen-bond acceptors (Lipinski definition) is 2. The molecule has 0 radical (unpaired) electrons. The highest BCUT2D eigenvalue weighted by Gasteiger charge is 2.23. The highest BCUT2D eigenvalue weighted by molar-refractivity contribution is 5.12. The Kier molecular flexibility index (Phi) is 5.81. The Morgan fingerprint density at radius 3 is 2.37 bits per heavy atom. The van der Waals surface area contributed by atoms with Crippen molar-refractivity contribution in [1.82, 2.24) is 10.2 Å². The van der Waals surface area contributed by atoms with Crippen molar-refractivity contribution in [2.24, 2.45) is 5.92 Å². The molecule has 0 aromatic carbocycles. The SMILES string of the molecule is CCCCC1CCC(c2ccc(CCC)nn2)CC1. The first-order valence-electron chi connectivity index (χ1n) is 8.16. The summed E-state index contributed by atoms with van der Waals surface area (Å²) < 4.78 is 0. The quantitative estimate of drug-likeness (QED) is 0.727. The van der Waals surface area contributed by atoms with Crippen molar-refractivity contribution in [3.63, 3.8) is 0 Å². The van der Waals surface area contributed by atoms with Gasteiger partial charge in [-0.15, -0.1) is 0 Å². The van der Waals surface area contributed by atoms with Crippen LogP contribution in [0, 0.1) is 5.92 Å². The van der Waals surface area contributed by atoms with Crippen LogP contribution in [-0.2, 0) is 6.42 Å². The van der Waals surface area contributed by atoms with Crippen molar-refractivity contribution in [2.75, 3.05) is 0 Å². The van der Waals surface area contributed by atoms with E-state index in [4.69, 9.17) is 0 Å². The first kappa shape index (κ1) is 14.5. The van der Waals surface area contributed by atoms with Gasteiger partial charge in [-0.05, 0) is 50.2 Å². The number of nitrogens with zero attached hydrogens (tertiary/aromatic N) is 2. The lowest BCUT2D eigenvalue weighted by atomic mass is 9.78. The number of hydrogen-bond donors (Lipinski definition) is 0. The fraction of sp³-hybridized carbons (Fsp3) is 0.765. The van der Waals surface area contributed by atoms with Gasteiger partial charge in [-0.1, -0.05) is 39.5 Å². The van der Waals surface area contributed by atoms with E-state index in [1.807, 2.05) is 0 Å². The Bertz CT molecular complexity index is 350. The van der Waals surface area contributed by atoms with Gasteiger partial charge in [-0.2, -0.15) is 10.2 Å². The van der Waals surface area contributed by atoms with Crippen molar-refractivity contribution in [1.29, 1.82) is 0 Å². The van der Waals surface area contributed by atoms with E-state index in [1.54, 1.807) is 0 Å². The summed E-state index contributed by atoms with van der Waals surface area (Å²) >= 11 is 0. The van der Waals surface area contributed by atoms with Gasteiger partial charge in [0, 0.05) is 5.92 Å². The molecule has 0 spiro atoms. The van der Waals surface area contributed by atoms with Crippen molar-refractivity contribution >= 4 is 0 Å². The van der Waals surface area contributed by atoms with Crippen LogP contribution in [0.2, 0.25) is 0 Å². The highest BCUT2D eigenvalue weighted by atomic mass is 15.1. The van der Waals surface area contributed by atoms with Crippen molar-refractivity contribution in [3.05, 3.63) is 23.5 Å². The van der Waals surface area contributed by atoms with E-state index in [0.717, 1.165) is 24.5 Å². The molecule has 1 heterocycles. The third-order valence-corrected chi connectivity index (χ3v) is 4.48. The molecule has 2 heteroatoms. The molecule has 2 rings (SSSR count). The second kappa shape index (κ2) is 7.62. The zero-order valence-corrected chi connectivity index (χ0v) is 12.6. The molecule has 0 bridgehead atoms. The lowest BCUT2D eigenvalue weighted by Crippen LogP contribution is -2.14. The molecule has 1 aromatic rings. The first-order valence-corrected chi connectivity index (χ1v) is 8.16. The summed E-state index contributed by atoms with van der Waals surface area (Å²) in [7, 11) is 0. The van der Waals surface area contributed by atoms with Crippen molar-refractivity contribution in [2.45, 2.75) is 77.6 Å². The Hall–Kier alpha value is -0.920. The molecular weight excluding hydrogens is 232 g/mol. The maximum Gasteiger partial charge on any atom is 0.0662 e. The summed E-state index contributed by atoms with van der Waals surface area (Å²) in [5.74, 6) is 1.64. The Morgan fingerprint density at radius 1 is 1.00 bits per heavy atom. The van der Waals surface area contributed by atoms with Gasteiger partial charge in [0.25, 0.3) is 0 Å². The summed E-state index contributed by atoms with van der Waals surface area (Å²) in [5.41, 5.74) is 2.37. The summed E-state index contributed by atoms with van der Waals surface area (Å²) in [5, 5.41) is 8.82. The van der Waals surface area contributed by atoms with Crippen LogP contribution in [0.5, 0.6) is 0 Å². The van der Waals surface area contributed by atoms with E-state index in [-0.39, 0.29) is 0 Å². The zero-order valence-electron chi connectivity index (χ0n) is 12.6. The summed E-state index contributed by atoms with van der Waals surface area (Å²) in [6.07, 6.45) is 11.8. The molecule has 2 nitrogen and oxygen atoms in total. The standard InChI is InChI=1S/C17H28N2/c1-3-5-7-14-8-10-15(11-9-14)17-13-12-16(6-4-2)18-19-17/h12-15H,3-11H2,1-2H3. The molecule has 0 amide bonds. The van der Waals surface area contributed by atoms with Crippen LogP contribution in [0.25, 0.3) is 0 Å². The average molecular weight is 260 g/mol. The van der Waals surface area contributed by atoms with Crippen LogP contribution >= 0.6 is 0 Å². The van der Waals surface area contributed by atoms with Crippen molar-refractivity contribution in [3.8, 4) is 0 Å². The van der Waals surface area contributed by atoms with Gasteiger partial charge in [0.2, 0.25) is 0 Å². The van der Waals surface area contributed by atoms with Crippen LogP contribution in [0.3, 0.4) is 0 Å². The van der Waals surface area contributed by atoms with E-state index in [1.165, 1.54) is 50.6 Å². The van der Waals surface area contributed by atoms with E-state index in [9.17, 15) is 0 Å². The second-order valence-electron chi connectivity index (χ2n) is 6.06. The largest absolute Gasteiger partial charge is 0.155 e. The molecule has 0 atom stereocenters. The minimum absolute atomic E-state index is 0.668. The minimum Gasteiger partial charge on any atom is -0.155 e. The summed E-state index contributed by atoms with van der Waals surface area (Å²) in [6, 6.07) is 4.39. The molecule has 0 aliphatic heterocycles. The fourth-order valence-corrected chi connectivity index (χ4v) is 3.22. The van der Waals surface area contributed by atoms with Gasteiger partial charge in [-0.25, -0.2) is 0 Å². The predicted octanol–water partition coefficient (Wildman–Crippen LogP) is 4.89. The van der Waals surface area contributed by atoms with Crippen LogP contribution in [0.4, 0.5) is 0 Å². The molecule has 1 saturated carbocycles. The normalized spacial score (nSPS) is 23.5. The lowest BCUT2D eigenvalue weighted by Gasteiger charge is -2.27. The number of rotatable bonds is 6. The second-order valence-corrected chi connectivity index (χ2v) is 6.06. The number of unbranched alkanes of at least 4 members (excludes halogenated alkanes) is 1. The van der Waals surface area contributed by atoms with Crippen LogP contribution in [-0.4, -0.2) is 10.2 Å². The van der Waals surface area contributed by atoms with Crippen molar-refractivity contribution < 1.29 is 0 Å². The molecular formula is C17H28N2. The zero-order chi connectivity index (χ0) is 13.5. The molecule has 1 aromatic heterocycles. The monoisotopic (exact) mass is 260 g/mol. The smallest absolute Gasteiger partial charge is 0.0662 e. The molecule has 0 N–H and O–H groups in total. The number of aryl methyl sites for hydroxylation is 1. The predicted molar refractivity (Wildman–Crippen MR) is 80.3 cm³/mol. The van der Waals surface area contributed by atoms with E-state index < -0.39 is 0 Å². The molecule has 1 fully saturated rings. The molecule has 1 aliphatic rings. The molecule has 1 aliphatic carbocycles. The van der Waals surface area contributed by atoms with Gasteiger partial charge < -0.3 is 0 Å². The van der Waals surface area contributed by atoms with Gasteiger partial charge in [0.05, 0.1) is 11.4 Å². The van der Waals surface area contributed by atoms with E-state index in [2.05, 4.69) is 36.2 Å². The average Bonchev–Trinajstić information content (AvgIpc) is 2.47. The fourth-order valence-electron chi connectivity index (χ4n) is 3.22. The Morgan fingerprint density at radius 2 is 1.79 bits per heavy atom. The summed E-state index contributed by atoms with van der Waals surface area (Å²) in [4.78, 5) is 0. The topological polar surface area (TPSA) is 25.8 Å². The minimum atomic E-state index is 0.668. The maximum atomic E-state index is 4.46. The molecule has 0 saturated heterocycles.